The predicted octanol–water partition coefficient (Wildman–Crippen LogP) is 5.51. The number of anilines is 1. The van der Waals surface area contributed by atoms with Gasteiger partial charge < -0.3 is 10.2 Å². The summed E-state index contributed by atoms with van der Waals surface area (Å²) >= 11 is 1.84. The van der Waals surface area contributed by atoms with Crippen LogP contribution in [0.15, 0.2) is 54.6 Å². The number of thiazole rings is 1. The number of benzene rings is 2. The molecule has 1 aromatic heterocycles. The van der Waals surface area contributed by atoms with E-state index in [4.69, 9.17) is 4.98 Å². The average molecular weight is 406 g/mol. The molecule has 0 bridgehead atoms. The average Bonchev–Trinajstić information content (AvgIpc) is 3.18. The van der Waals surface area contributed by atoms with Gasteiger partial charge in [0, 0.05) is 19.1 Å². The summed E-state index contributed by atoms with van der Waals surface area (Å²) in [5.74, 6) is 0.759. The van der Waals surface area contributed by atoms with Gasteiger partial charge >= 0.3 is 0 Å². The van der Waals surface area contributed by atoms with Crippen LogP contribution in [0.3, 0.4) is 0 Å². The molecule has 3 aromatic rings. The smallest absolute Gasteiger partial charge is 0.186 e. The minimum atomic E-state index is 0.443. The van der Waals surface area contributed by atoms with Crippen LogP contribution in [0.4, 0.5) is 5.13 Å². The first-order valence-corrected chi connectivity index (χ1v) is 11.9. The van der Waals surface area contributed by atoms with Gasteiger partial charge in [-0.1, -0.05) is 60.2 Å². The number of nitrogens with one attached hydrogen (secondary N) is 1. The molecule has 1 aliphatic carbocycles. The number of aromatic nitrogens is 1. The SMILES string of the molecule is CNC(C1CCN(c2nc3ccccc3s2)CC1)C1(Cc2ccccc2)CCC1. The van der Waals surface area contributed by atoms with E-state index >= 15 is 0 Å². The van der Waals surface area contributed by atoms with Gasteiger partial charge in [0.15, 0.2) is 5.13 Å². The quantitative estimate of drug-likeness (QED) is 0.586. The van der Waals surface area contributed by atoms with Gasteiger partial charge in [-0.25, -0.2) is 4.98 Å². The Bertz CT molecular complexity index is 906. The predicted molar refractivity (Wildman–Crippen MR) is 124 cm³/mol. The molecule has 2 aliphatic rings. The van der Waals surface area contributed by atoms with Crippen molar-refractivity contribution in [2.45, 2.75) is 44.6 Å². The highest BCUT2D eigenvalue weighted by Gasteiger charge is 2.46. The van der Waals surface area contributed by atoms with Crippen LogP contribution in [0.2, 0.25) is 0 Å². The molecule has 0 amide bonds. The molecular formula is C25H31N3S. The summed E-state index contributed by atoms with van der Waals surface area (Å²) in [4.78, 5) is 7.40. The fourth-order valence-electron chi connectivity index (χ4n) is 5.69. The summed E-state index contributed by atoms with van der Waals surface area (Å²) in [6.07, 6.45) is 7.86. The Morgan fingerprint density at radius 3 is 2.45 bits per heavy atom. The molecule has 1 N–H and O–H groups in total. The Hall–Kier alpha value is -1.91. The molecule has 1 unspecified atom stereocenters. The second kappa shape index (κ2) is 8.08. The third kappa shape index (κ3) is 3.69. The van der Waals surface area contributed by atoms with Gasteiger partial charge in [-0.3, -0.25) is 0 Å². The van der Waals surface area contributed by atoms with Gasteiger partial charge in [0.2, 0.25) is 0 Å². The topological polar surface area (TPSA) is 28.2 Å². The molecule has 3 nitrogen and oxygen atoms in total. The van der Waals surface area contributed by atoms with E-state index in [1.165, 1.54) is 53.9 Å². The van der Waals surface area contributed by atoms with E-state index < -0.39 is 0 Å². The number of fused-ring (bicyclic) bond motifs is 1. The van der Waals surface area contributed by atoms with Crippen molar-refractivity contribution in [3.8, 4) is 0 Å². The van der Waals surface area contributed by atoms with E-state index in [1.807, 2.05) is 11.3 Å². The lowest BCUT2D eigenvalue weighted by Gasteiger charge is -2.52. The van der Waals surface area contributed by atoms with Crippen LogP contribution in [0, 0.1) is 11.3 Å². The number of nitrogens with zero attached hydrogens (tertiary/aromatic N) is 2. The molecule has 2 aromatic carbocycles. The number of hydrogen-bond acceptors (Lipinski definition) is 4. The maximum absolute atomic E-state index is 4.89. The Kier molecular flexibility index (Phi) is 5.31. The molecule has 2 heterocycles. The van der Waals surface area contributed by atoms with Crippen LogP contribution in [0.5, 0.6) is 0 Å². The molecular weight excluding hydrogens is 374 g/mol. The van der Waals surface area contributed by atoms with Crippen molar-refractivity contribution in [1.29, 1.82) is 0 Å². The fourth-order valence-corrected chi connectivity index (χ4v) is 6.71. The van der Waals surface area contributed by atoms with Gasteiger partial charge in [-0.2, -0.15) is 0 Å². The van der Waals surface area contributed by atoms with E-state index in [0.29, 0.717) is 11.5 Å². The Morgan fingerprint density at radius 2 is 1.79 bits per heavy atom. The monoisotopic (exact) mass is 405 g/mol. The molecule has 4 heteroatoms. The maximum Gasteiger partial charge on any atom is 0.186 e. The lowest BCUT2D eigenvalue weighted by molar-refractivity contribution is 0.0387. The highest BCUT2D eigenvalue weighted by Crippen LogP contribution is 2.50. The minimum Gasteiger partial charge on any atom is -0.348 e. The van der Waals surface area contributed by atoms with Crippen LogP contribution in [-0.4, -0.2) is 31.2 Å². The molecule has 152 valence electrons. The summed E-state index contributed by atoms with van der Waals surface area (Å²) in [6, 6.07) is 20.2. The zero-order valence-electron chi connectivity index (χ0n) is 17.3. The molecule has 1 atom stereocenters. The second-order valence-electron chi connectivity index (χ2n) is 8.93. The molecule has 0 spiro atoms. The summed E-state index contributed by atoms with van der Waals surface area (Å²) in [7, 11) is 2.19. The minimum absolute atomic E-state index is 0.443. The van der Waals surface area contributed by atoms with Gasteiger partial charge in [0.25, 0.3) is 0 Å². The number of para-hydroxylation sites is 1. The van der Waals surface area contributed by atoms with Gasteiger partial charge in [-0.15, -0.1) is 0 Å². The molecule has 1 saturated carbocycles. The van der Waals surface area contributed by atoms with Crippen LogP contribution in [-0.2, 0) is 6.42 Å². The summed E-state index contributed by atoms with van der Waals surface area (Å²) < 4.78 is 1.30. The zero-order valence-corrected chi connectivity index (χ0v) is 18.1. The molecule has 1 aliphatic heterocycles. The van der Waals surface area contributed by atoms with Crippen LogP contribution < -0.4 is 10.2 Å². The highest BCUT2D eigenvalue weighted by molar-refractivity contribution is 7.22. The Balaban J connectivity index is 1.28. The third-order valence-corrected chi connectivity index (χ3v) is 8.38. The first kappa shape index (κ1) is 19.1. The third-order valence-electron chi connectivity index (χ3n) is 7.28. The van der Waals surface area contributed by atoms with Crippen molar-refractivity contribution in [1.82, 2.24) is 10.3 Å². The highest BCUT2D eigenvalue weighted by atomic mass is 32.1. The van der Waals surface area contributed by atoms with Crippen molar-refractivity contribution in [3.05, 3.63) is 60.2 Å². The molecule has 29 heavy (non-hydrogen) atoms. The summed E-state index contributed by atoms with van der Waals surface area (Å²) in [5, 5.41) is 4.98. The van der Waals surface area contributed by atoms with Gasteiger partial charge in [-0.05, 0) is 68.2 Å². The van der Waals surface area contributed by atoms with E-state index in [-0.39, 0.29) is 0 Å². The number of piperidine rings is 1. The van der Waals surface area contributed by atoms with Crippen molar-refractivity contribution in [3.63, 3.8) is 0 Å². The molecule has 1 saturated heterocycles. The van der Waals surface area contributed by atoms with Crippen molar-refractivity contribution >= 4 is 26.7 Å². The number of hydrogen-bond donors (Lipinski definition) is 1. The molecule has 5 rings (SSSR count). The van der Waals surface area contributed by atoms with E-state index in [9.17, 15) is 0 Å². The van der Waals surface area contributed by atoms with Gasteiger partial charge in [0.05, 0.1) is 10.2 Å². The fraction of sp³-hybridized carbons (Fsp3) is 0.480. The molecule has 0 radical (unpaired) electrons. The van der Waals surface area contributed by atoms with Crippen molar-refractivity contribution in [2.75, 3.05) is 25.0 Å². The lowest BCUT2D eigenvalue weighted by Crippen LogP contribution is -2.55. The zero-order chi connectivity index (χ0) is 19.7. The lowest BCUT2D eigenvalue weighted by atomic mass is 9.57. The van der Waals surface area contributed by atoms with Gasteiger partial charge in [0.1, 0.15) is 0 Å². The van der Waals surface area contributed by atoms with E-state index in [0.717, 1.165) is 24.5 Å². The Morgan fingerprint density at radius 1 is 1.07 bits per heavy atom. The maximum atomic E-state index is 4.89. The summed E-state index contributed by atoms with van der Waals surface area (Å²) in [5.41, 5.74) is 3.08. The van der Waals surface area contributed by atoms with E-state index in [2.05, 4.69) is 71.9 Å². The van der Waals surface area contributed by atoms with Crippen molar-refractivity contribution < 1.29 is 0 Å². The first-order valence-electron chi connectivity index (χ1n) is 11.1. The van der Waals surface area contributed by atoms with Crippen LogP contribution >= 0.6 is 11.3 Å². The summed E-state index contributed by atoms with van der Waals surface area (Å²) in [6.45, 7) is 2.26. The second-order valence-corrected chi connectivity index (χ2v) is 9.94. The van der Waals surface area contributed by atoms with Crippen LogP contribution in [0.25, 0.3) is 10.2 Å². The largest absolute Gasteiger partial charge is 0.348 e. The normalized spacial score (nSPS) is 20.5. The number of rotatable bonds is 6. The van der Waals surface area contributed by atoms with E-state index in [1.54, 1.807) is 0 Å². The standard InChI is InChI=1S/C25H31N3S/c1-26-23(25(14-7-15-25)18-19-8-3-2-4-9-19)20-12-16-28(17-13-20)24-27-21-10-5-6-11-22(21)29-24/h2-6,8-11,20,23,26H,7,12-18H2,1H3. The van der Waals surface area contributed by atoms with Crippen molar-refractivity contribution in [2.24, 2.45) is 11.3 Å². The van der Waals surface area contributed by atoms with Crippen LogP contribution in [0.1, 0.15) is 37.7 Å². The first-order chi connectivity index (χ1) is 14.3. The molecule has 2 fully saturated rings. The Labute approximate surface area is 178 Å².